The number of hydrogen-bond donors (Lipinski definition) is 0. The quantitative estimate of drug-likeness (QED) is 0.556. The summed E-state index contributed by atoms with van der Waals surface area (Å²) in [6.45, 7) is 5.57. The molecule has 0 bridgehead atoms. The molecule has 0 radical (unpaired) electrons. The van der Waals surface area contributed by atoms with Crippen molar-refractivity contribution >= 4 is 5.78 Å². The second kappa shape index (κ2) is 5.21. The Morgan fingerprint density at radius 3 is 2.80 bits per heavy atom. The highest BCUT2D eigenvalue weighted by atomic mass is 16.5. The first-order chi connectivity index (χ1) is 7.15. The number of benzene rings is 1. The van der Waals surface area contributed by atoms with E-state index in [9.17, 15) is 4.79 Å². The van der Waals surface area contributed by atoms with Crippen LogP contribution in [0.2, 0.25) is 0 Å². The van der Waals surface area contributed by atoms with E-state index in [2.05, 4.69) is 11.8 Å². The van der Waals surface area contributed by atoms with Gasteiger partial charge in [0.05, 0.1) is 5.56 Å². The Kier molecular flexibility index (Phi) is 3.93. The van der Waals surface area contributed by atoms with Crippen LogP contribution in [0, 0.1) is 18.8 Å². The number of carbonyl (C=O) groups excluding carboxylic acids is 1. The maximum Gasteiger partial charge on any atom is 0.163 e. The van der Waals surface area contributed by atoms with Crippen LogP contribution in [0.15, 0.2) is 18.2 Å². The van der Waals surface area contributed by atoms with Crippen LogP contribution in [0.1, 0.15) is 29.8 Å². The molecule has 0 fully saturated rings. The van der Waals surface area contributed by atoms with Gasteiger partial charge < -0.3 is 4.74 Å². The van der Waals surface area contributed by atoms with Gasteiger partial charge in [-0.2, -0.15) is 0 Å². The highest BCUT2D eigenvalue weighted by Crippen LogP contribution is 2.20. The molecule has 2 heteroatoms. The van der Waals surface area contributed by atoms with Crippen LogP contribution in [0.5, 0.6) is 5.75 Å². The number of ketones is 1. The molecule has 0 spiro atoms. The van der Waals surface area contributed by atoms with Crippen LogP contribution in [0.4, 0.5) is 0 Å². The first-order valence-electron chi connectivity index (χ1n) is 4.79. The van der Waals surface area contributed by atoms with Crippen molar-refractivity contribution in [3.63, 3.8) is 0 Å². The predicted octanol–water partition coefficient (Wildman–Crippen LogP) is 2.60. The number of Topliss-reactive ketones (excluding diaryl/α,β-unsaturated/α-hetero) is 1. The maximum absolute atomic E-state index is 11.3. The summed E-state index contributed by atoms with van der Waals surface area (Å²) in [5, 5.41) is 0. The van der Waals surface area contributed by atoms with Gasteiger partial charge in [0.1, 0.15) is 12.4 Å². The van der Waals surface area contributed by atoms with Crippen molar-refractivity contribution in [2.75, 3.05) is 6.61 Å². The summed E-state index contributed by atoms with van der Waals surface area (Å²) in [6.07, 6.45) is 0. The molecule has 1 rings (SSSR count). The minimum atomic E-state index is 0.00876. The molecule has 0 heterocycles. The third-order valence-corrected chi connectivity index (χ3v) is 1.99. The summed E-state index contributed by atoms with van der Waals surface area (Å²) in [7, 11) is 0. The van der Waals surface area contributed by atoms with E-state index in [1.54, 1.807) is 13.0 Å². The average molecular weight is 202 g/mol. The summed E-state index contributed by atoms with van der Waals surface area (Å²) >= 11 is 0. The number of ether oxygens (including phenoxy) is 1. The van der Waals surface area contributed by atoms with Crippen molar-refractivity contribution in [1.82, 2.24) is 0 Å². The average Bonchev–Trinajstić information content (AvgIpc) is 2.18. The Morgan fingerprint density at radius 2 is 2.20 bits per heavy atom. The minimum absolute atomic E-state index is 0.00876. The molecule has 0 aliphatic rings. The van der Waals surface area contributed by atoms with Crippen molar-refractivity contribution in [1.29, 1.82) is 0 Å². The third kappa shape index (κ3) is 3.14. The van der Waals surface area contributed by atoms with Crippen molar-refractivity contribution in [2.45, 2.75) is 20.8 Å². The van der Waals surface area contributed by atoms with Crippen LogP contribution in [-0.2, 0) is 0 Å². The molecule has 2 nitrogen and oxygen atoms in total. The molecule has 78 valence electrons. The number of aryl methyl sites for hydroxylation is 1. The second-order valence-electron chi connectivity index (χ2n) is 3.27. The standard InChI is InChI=1S/C13H14O2/c1-4-5-8-15-13-9-10(2)6-7-12(13)11(3)14/h6-7,9H,8H2,1-3H3. The SMILES string of the molecule is CC#CCOc1cc(C)ccc1C(C)=O. The van der Waals surface area contributed by atoms with Crippen LogP contribution in [0.3, 0.4) is 0 Å². The second-order valence-corrected chi connectivity index (χ2v) is 3.27. The van der Waals surface area contributed by atoms with Gasteiger partial charge in [-0.25, -0.2) is 0 Å². The van der Waals surface area contributed by atoms with E-state index in [4.69, 9.17) is 4.74 Å². The van der Waals surface area contributed by atoms with E-state index >= 15 is 0 Å². The molecule has 0 N–H and O–H groups in total. The lowest BCUT2D eigenvalue weighted by atomic mass is 10.1. The Hall–Kier alpha value is -1.75. The monoisotopic (exact) mass is 202 g/mol. The van der Waals surface area contributed by atoms with Crippen LogP contribution in [-0.4, -0.2) is 12.4 Å². The van der Waals surface area contributed by atoms with Gasteiger partial charge in [0, 0.05) is 0 Å². The van der Waals surface area contributed by atoms with Crippen molar-refractivity contribution in [2.24, 2.45) is 0 Å². The lowest BCUT2D eigenvalue weighted by molar-refractivity contribution is 0.101. The molecular formula is C13H14O2. The molecule has 0 amide bonds. The molecule has 0 saturated carbocycles. The molecule has 0 aromatic heterocycles. The molecule has 0 aliphatic carbocycles. The Labute approximate surface area is 90.3 Å². The normalized spacial score (nSPS) is 9.00. The Bertz CT molecular complexity index is 422. The fourth-order valence-electron chi connectivity index (χ4n) is 1.23. The minimum Gasteiger partial charge on any atom is -0.480 e. The van der Waals surface area contributed by atoms with E-state index in [1.807, 2.05) is 19.1 Å². The van der Waals surface area contributed by atoms with Gasteiger partial charge in [-0.1, -0.05) is 12.0 Å². The van der Waals surface area contributed by atoms with Crippen molar-refractivity contribution < 1.29 is 9.53 Å². The van der Waals surface area contributed by atoms with E-state index in [0.29, 0.717) is 17.9 Å². The molecule has 15 heavy (non-hydrogen) atoms. The third-order valence-electron chi connectivity index (χ3n) is 1.99. The van der Waals surface area contributed by atoms with Crippen molar-refractivity contribution in [3.8, 4) is 17.6 Å². The molecule has 0 saturated heterocycles. The first kappa shape index (κ1) is 11.3. The first-order valence-corrected chi connectivity index (χ1v) is 4.79. The highest BCUT2D eigenvalue weighted by molar-refractivity contribution is 5.96. The largest absolute Gasteiger partial charge is 0.480 e. The summed E-state index contributed by atoms with van der Waals surface area (Å²) in [5.41, 5.74) is 1.68. The highest BCUT2D eigenvalue weighted by Gasteiger charge is 2.07. The van der Waals surface area contributed by atoms with Gasteiger partial charge in [-0.15, -0.1) is 5.92 Å². The zero-order chi connectivity index (χ0) is 11.3. The smallest absolute Gasteiger partial charge is 0.163 e. The summed E-state index contributed by atoms with van der Waals surface area (Å²) in [6, 6.07) is 5.54. The van der Waals surface area contributed by atoms with Gasteiger partial charge in [0.15, 0.2) is 5.78 Å². The number of carbonyl (C=O) groups is 1. The molecular weight excluding hydrogens is 188 g/mol. The van der Waals surface area contributed by atoms with Crippen LogP contribution >= 0.6 is 0 Å². The Morgan fingerprint density at radius 1 is 1.47 bits per heavy atom. The maximum atomic E-state index is 11.3. The number of hydrogen-bond acceptors (Lipinski definition) is 2. The molecule has 0 unspecified atom stereocenters. The van der Waals surface area contributed by atoms with E-state index in [1.165, 1.54) is 6.92 Å². The van der Waals surface area contributed by atoms with Gasteiger partial charge in [-0.05, 0) is 38.5 Å². The van der Waals surface area contributed by atoms with Gasteiger partial charge >= 0.3 is 0 Å². The molecule has 1 aromatic carbocycles. The van der Waals surface area contributed by atoms with E-state index < -0.39 is 0 Å². The molecule has 0 aliphatic heterocycles. The predicted molar refractivity (Wildman–Crippen MR) is 60.1 cm³/mol. The summed E-state index contributed by atoms with van der Waals surface area (Å²) in [4.78, 5) is 11.3. The molecule has 0 atom stereocenters. The zero-order valence-corrected chi connectivity index (χ0v) is 9.26. The topological polar surface area (TPSA) is 26.3 Å². The lowest BCUT2D eigenvalue weighted by Gasteiger charge is -2.07. The fraction of sp³-hybridized carbons (Fsp3) is 0.308. The van der Waals surface area contributed by atoms with Crippen molar-refractivity contribution in [3.05, 3.63) is 29.3 Å². The van der Waals surface area contributed by atoms with Crippen LogP contribution in [0.25, 0.3) is 0 Å². The van der Waals surface area contributed by atoms with Gasteiger partial charge in [-0.3, -0.25) is 4.79 Å². The summed E-state index contributed by atoms with van der Waals surface area (Å²) in [5.74, 6) is 6.16. The fourth-order valence-corrected chi connectivity index (χ4v) is 1.23. The van der Waals surface area contributed by atoms with E-state index in [0.717, 1.165) is 5.56 Å². The van der Waals surface area contributed by atoms with Crippen LogP contribution < -0.4 is 4.74 Å². The number of rotatable bonds is 3. The van der Waals surface area contributed by atoms with Gasteiger partial charge in [0.25, 0.3) is 0 Å². The molecule has 1 aromatic rings. The van der Waals surface area contributed by atoms with Gasteiger partial charge in [0.2, 0.25) is 0 Å². The van der Waals surface area contributed by atoms with E-state index in [-0.39, 0.29) is 5.78 Å². The zero-order valence-electron chi connectivity index (χ0n) is 9.26. The lowest BCUT2D eigenvalue weighted by Crippen LogP contribution is -2.01. The Balaban J connectivity index is 2.95. The summed E-state index contributed by atoms with van der Waals surface area (Å²) < 4.78 is 5.43.